The van der Waals surface area contributed by atoms with Crippen molar-refractivity contribution in [3.63, 3.8) is 0 Å². The molecule has 2 aromatic rings. The van der Waals surface area contributed by atoms with Gasteiger partial charge in [-0.05, 0) is 24.3 Å². The third-order valence-electron chi connectivity index (χ3n) is 2.11. The van der Waals surface area contributed by atoms with Crippen molar-refractivity contribution in [2.75, 3.05) is 0 Å². The first-order valence-corrected chi connectivity index (χ1v) is 5.27. The summed E-state index contributed by atoms with van der Waals surface area (Å²) in [4.78, 5) is 3.98. The first kappa shape index (κ1) is 10.9. The summed E-state index contributed by atoms with van der Waals surface area (Å²) in [5.74, 6) is 0. The van der Waals surface area contributed by atoms with Crippen LogP contribution < -0.4 is 0 Å². The van der Waals surface area contributed by atoms with Crippen molar-refractivity contribution < 1.29 is 0 Å². The summed E-state index contributed by atoms with van der Waals surface area (Å²) >= 11 is 12.0. The van der Waals surface area contributed by atoms with E-state index in [1.54, 1.807) is 30.5 Å². The highest BCUT2D eigenvalue weighted by atomic mass is 35.5. The van der Waals surface area contributed by atoms with Gasteiger partial charge in [0.25, 0.3) is 0 Å². The van der Waals surface area contributed by atoms with Crippen molar-refractivity contribution >= 4 is 23.2 Å². The van der Waals surface area contributed by atoms with Gasteiger partial charge in [0.15, 0.2) is 0 Å². The number of pyridine rings is 1. The van der Waals surface area contributed by atoms with Crippen LogP contribution in [0.1, 0.15) is 5.56 Å². The van der Waals surface area contributed by atoms with Gasteiger partial charge >= 0.3 is 0 Å². The molecule has 0 unspecified atom stereocenters. The Labute approximate surface area is 103 Å². The summed E-state index contributed by atoms with van der Waals surface area (Å²) in [6.07, 6.45) is 3.15. The van der Waals surface area contributed by atoms with Crippen molar-refractivity contribution in [1.29, 1.82) is 5.26 Å². The van der Waals surface area contributed by atoms with Gasteiger partial charge in [-0.2, -0.15) is 5.26 Å². The minimum atomic E-state index is 0.494. The Morgan fingerprint density at radius 2 is 1.94 bits per heavy atom. The van der Waals surface area contributed by atoms with Crippen molar-refractivity contribution in [2.24, 2.45) is 0 Å². The molecule has 0 saturated heterocycles. The maximum Gasteiger partial charge on any atom is 0.101 e. The number of hydrogen-bond donors (Lipinski definition) is 0. The Bertz CT molecular complexity index is 573. The molecule has 0 N–H and O–H groups in total. The second kappa shape index (κ2) is 4.52. The molecule has 16 heavy (non-hydrogen) atoms. The highest BCUT2D eigenvalue weighted by Crippen LogP contribution is 2.30. The molecule has 0 spiro atoms. The lowest BCUT2D eigenvalue weighted by Gasteiger charge is -2.04. The van der Waals surface area contributed by atoms with E-state index >= 15 is 0 Å². The Hall–Kier alpha value is -1.56. The van der Waals surface area contributed by atoms with Crippen LogP contribution in [0.5, 0.6) is 0 Å². The molecule has 0 saturated carbocycles. The lowest BCUT2D eigenvalue weighted by atomic mass is 10.1. The van der Waals surface area contributed by atoms with Crippen LogP contribution >= 0.6 is 23.2 Å². The fraction of sp³-hybridized carbons (Fsp3) is 0. The summed E-state index contributed by atoms with van der Waals surface area (Å²) in [7, 11) is 0. The van der Waals surface area contributed by atoms with Crippen LogP contribution in [0.4, 0.5) is 0 Å². The quantitative estimate of drug-likeness (QED) is 0.767. The fourth-order valence-electron chi connectivity index (χ4n) is 1.37. The maximum absolute atomic E-state index is 8.78. The van der Waals surface area contributed by atoms with Crippen LogP contribution in [0.2, 0.25) is 10.0 Å². The van der Waals surface area contributed by atoms with Gasteiger partial charge < -0.3 is 0 Å². The molecule has 0 atom stereocenters. The molecule has 0 bridgehead atoms. The van der Waals surface area contributed by atoms with Gasteiger partial charge in [0.1, 0.15) is 6.07 Å². The van der Waals surface area contributed by atoms with Gasteiger partial charge in [0.05, 0.1) is 5.56 Å². The topological polar surface area (TPSA) is 36.7 Å². The molecule has 1 heterocycles. The predicted molar refractivity (Wildman–Crippen MR) is 64.4 cm³/mol. The van der Waals surface area contributed by atoms with E-state index in [4.69, 9.17) is 28.5 Å². The van der Waals surface area contributed by atoms with Crippen molar-refractivity contribution in [1.82, 2.24) is 4.98 Å². The van der Waals surface area contributed by atoms with Crippen LogP contribution in [-0.2, 0) is 0 Å². The van der Waals surface area contributed by atoms with E-state index < -0.39 is 0 Å². The normalized spacial score (nSPS) is 9.81. The number of nitriles is 1. The molecule has 0 aliphatic rings. The zero-order valence-corrected chi connectivity index (χ0v) is 9.63. The second-order valence-corrected chi connectivity index (χ2v) is 4.04. The Morgan fingerprint density at radius 3 is 2.69 bits per heavy atom. The maximum atomic E-state index is 8.78. The average Bonchev–Trinajstić information content (AvgIpc) is 2.32. The lowest BCUT2D eigenvalue weighted by Crippen LogP contribution is -1.84. The van der Waals surface area contributed by atoms with E-state index in [-0.39, 0.29) is 0 Å². The molecule has 1 aromatic heterocycles. The minimum Gasteiger partial charge on any atom is -0.263 e. The van der Waals surface area contributed by atoms with E-state index in [1.807, 2.05) is 6.07 Å². The molecule has 2 rings (SSSR count). The summed E-state index contributed by atoms with van der Waals surface area (Å²) in [5, 5.41) is 9.97. The Morgan fingerprint density at radius 1 is 1.12 bits per heavy atom. The molecular formula is C12H6Cl2N2. The first-order valence-electron chi connectivity index (χ1n) is 4.51. The van der Waals surface area contributed by atoms with E-state index in [1.165, 1.54) is 6.20 Å². The highest BCUT2D eigenvalue weighted by Gasteiger charge is 2.05. The molecule has 78 valence electrons. The third-order valence-corrected chi connectivity index (χ3v) is 2.67. The van der Waals surface area contributed by atoms with Gasteiger partial charge in [0.2, 0.25) is 0 Å². The largest absolute Gasteiger partial charge is 0.263 e. The van der Waals surface area contributed by atoms with Gasteiger partial charge in [0, 0.05) is 33.6 Å². The zero-order chi connectivity index (χ0) is 11.5. The molecular weight excluding hydrogens is 243 g/mol. The number of nitrogens with zero attached hydrogens (tertiary/aromatic N) is 2. The van der Waals surface area contributed by atoms with Gasteiger partial charge in [-0.25, -0.2) is 0 Å². The van der Waals surface area contributed by atoms with E-state index in [9.17, 15) is 0 Å². The van der Waals surface area contributed by atoms with Gasteiger partial charge in [-0.15, -0.1) is 0 Å². The van der Waals surface area contributed by atoms with Crippen LogP contribution in [0, 0.1) is 11.3 Å². The number of aromatic nitrogens is 1. The van der Waals surface area contributed by atoms with Crippen molar-refractivity contribution in [3.8, 4) is 17.2 Å². The SMILES string of the molecule is N#Cc1cncc(-c2cc(Cl)ccc2Cl)c1. The molecule has 4 heteroatoms. The van der Waals surface area contributed by atoms with Crippen LogP contribution in [0.15, 0.2) is 36.7 Å². The molecule has 2 nitrogen and oxygen atoms in total. The van der Waals surface area contributed by atoms with Crippen LogP contribution in [0.25, 0.3) is 11.1 Å². The number of benzene rings is 1. The van der Waals surface area contributed by atoms with Gasteiger partial charge in [-0.3, -0.25) is 4.98 Å². The Balaban J connectivity index is 2.58. The highest BCUT2D eigenvalue weighted by molar-refractivity contribution is 6.35. The summed E-state index contributed by atoms with van der Waals surface area (Å²) in [6.45, 7) is 0. The van der Waals surface area contributed by atoms with Crippen LogP contribution in [-0.4, -0.2) is 4.98 Å². The number of halogens is 2. The molecule has 0 amide bonds. The molecule has 1 aromatic carbocycles. The third kappa shape index (κ3) is 2.16. The molecule has 0 fully saturated rings. The summed E-state index contributed by atoms with van der Waals surface area (Å²) in [5.41, 5.74) is 2.05. The predicted octanol–water partition coefficient (Wildman–Crippen LogP) is 3.93. The summed E-state index contributed by atoms with van der Waals surface area (Å²) in [6, 6.07) is 8.95. The van der Waals surface area contributed by atoms with E-state index in [2.05, 4.69) is 4.98 Å². The van der Waals surface area contributed by atoms with Crippen LogP contribution in [0.3, 0.4) is 0 Å². The van der Waals surface area contributed by atoms with E-state index in [0.717, 1.165) is 11.1 Å². The standard InChI is InChI=1S/C12H6Cl2N2/c13-10-1-2-12(14)11(4-10)9-3-8(5-15)6-16-7-9/h1-4,6-7H. The molecule has 0 radical (unpaired) electrons. The second-order valence-electron chi connectivity index (χ2n) is 3.20. The first-order chi connectivity index (χ1) is 7.70. The smallest absolute Gasteiger partial charge is 0.101 e. The monoisotopic (exact) mass is 248 g/mol. The Kier molecular flexibility index (Phi) is 3.09. The summed E-state index contributed by atoms with van der Waals surface area (Å²) < 4.78 is 0. The number of rotatable bonds is 1. The van der Waals surface area contributed by atoms with Crippen molar-refractivity contribution in [3.05, 3.63) is 52.3 Å². The molecule has 0 aliphatic heterocycles. The fourth-order valence-corrected chi connectivity index (χ4v) is 1.77. The van der Waals surface area contributed by atoms with Crippen molar-refractivity contribution in [2.45, 2.75) is 0 Å². The number of hydrogen-bond acceptors (Lipinski definition) is 2. The minimum absolute atomic E-state index is 0.494. The average molecular weight is 249 g/mol. The van der Waals surface area contributed by atoms with E-state index in [0.29, 0.717) is 15.6 Å². The lowest BCUT2D eigenvalue weighted by molar-refractivity contribution is 1.30. The molecule has 0 aliphatic carbocycles. The van der Waals surface area contributed by atoms with Gasteiger partial charge in [-0.1, -0.05) is 23.2 Å². The zero-order valence-electron chi connectivity index (χ0n) is 8.11.